The molecule has 0 saturated carbocycles. The largest absolute Gasteiger partial charge is 0.339 e. The van der Waals surface area contributed by atoms with E-state index in [1.165, 1.54) is 0 Å². The summed E-state index contributed by atoms with van der Waals surface area (Å²) in [5.74, 6) is -0.566. The Balaban J connectivity index is 1.68. The number of hydrogen-bond acceptors (Lipinski definition) is 3. The van der Waals surface area contributed by atoms with Crippen molar-refractivity contribution in [2.24, 2.45) is 0 Å². The number of hydrogen-bond donors (Lipinski definition) is 2. The van der Waals surface area contributed by atoms with Gasteiger partial charge >= 0.3 is 6.03 Å². The van der Waals surface area contributed by atoms with Crippen LogP contribution in [0.5, 0.6) is 0 Å². The highest BCUT2D eigenvalue weighted by molar-refractivity contribution is 6.34. The third kappa shape index (κ3) is 5.32. The summed E-state index contributed by atoms with van der Waals surface area (Å²) in [4.78, 5) is 26.5. The van der Waals surface area contributed by atoms with E-state index >= 15 is 0 Å². The van der Waals surface area contributed by atoms with Gasteiger partial charge in [0.05, 0.1) is 10.6 Å². The molecule has 3 amide bonds. The van der Waals surface area contributed by atoms with Crippen LogP contribution in [-0.2, 0) is 0 Å². The summed E-state index contributed by atoms with van der Waals surface area (Å²) in [5, 5.41) is 5.89. The highest BCUT2D eigenvalue weighted by Gasteiger charge is 2.15. The van der Waals surface area contributed by atoms with Crippen LogP contribution < -0.4 is 15.5 Å². The van der Waals surface area contributed by atoms with E-state index in [1.54, 1.807) is 36.4 Å². The van der Waals surface area contributed by atoms with Crippen molar-refractivity contribution in [3.8, 4) is 0 Å². The van der Waals surface area contributed by atoms with Crippen molar-refractivity contribution >= 4 is 52.2 Å². The van der Waals surface area contributed by atoms with E-state index in [9.17, 15) is 9.59 Å². The molecule has 0 aliphatic heterocycles. The number of urea groups is 1. The molecule has 0 unspecified atom stereocenters. The Morgan fingerprint density at radius 1 is 0.833 bits per heavy atom. The van der Waals surface area contributed by atoms with Gasteiger partial charge in [-0.15, -0.1) is 0 Å². The lowest BCUT2D eigenvalue weighted by atomic mass is 10.2. The van der Waals surface area contributed by atoms with Gasteiger partial charge in [0.2, 0.25) is 0 Å². The highest BCUT2D eigenvalue weighted by Crippen LogP contribution is 2.29. The third-order valence-electron chi connectivity index (χ3n) is 4.37. The third-order valence-corrected chi connectivity index (χ3v) is 4.95. The van der Waals surface area contributed by atoms with Crippen molar-refractivity contribution in [2.45, 2.75) is 19.9 Å². The van der Waals surface area contributed by atoms with Crippen molar-refractivity contribution in [1.29, 1.82) is 0 Å². The van der Waals surface area contributed by atoms with Gasteiger partial charge in [0.1, 0.15) is 0 Å². The SMILES string of the molecule is CC(C)N(c1ccc(Cl)cc1)c1ccc(NC(=O)NC(=O)c2ccccc2Cl)cc1. The number of halogens is 2. The summed E-state index contributed by atoms with van der Waals surface area (Å²) < 4.78 is 0. The van der Waals surface area contributed by atoms with Crippen LogP contribution in [0.3, 0.4) is 0 Å². The van der Waals surface area contributed by atoms with Gasteiger partial charge in [-0.2, -0.15) is 0 Å². The lowest BCUT2D eigenvalue weighted by molar-refractivity contribution is 0.0967. The maximum absolute atomic E-state index is 12.2. The molecule has 3 rings (SSSR count). The van der Waals surface area contributed by atoms with Crippen molar-refractivity contribution in [1.82, 2.24) is 5.32 Å². The Morgan fingerprint density at radius 3 is 1.97 bits per heavy atom. The van der Waals surface area contributed by atoms with Gasteiger partial charge in [-0.3, -0.25) is 10.1 Å². The van der Waals surface area contributed by atoms with Crippen molar-refractivity contribution in [2.75, 3.05) is 10.2 Å². The molecule has 3 aromatic rings. The molecule has 30 heavy (non-hydrogen) atoms. The highest BCUT2D eigenvalue weighted by atomic mass is 35.5. The summed E-state index contributed by atoms with van der Waals surface area (Å²) in [5.41, 5.74) is 2.77. The lowest BCUT2D eigenvalue weighted by Gasteiger charge is -2.29. The summed E-state index contributed by atoms with van der Waals surface area (Å²) in [6, 6.07) is 21.1. The maximum Gasteiger partial charge on any atom is 0.326 e. The monoisotopic (exact) mass is 441 g/mol. The summed E-state index contributed by atoms with van der Waals surface area (Å²) in [6.45, 7) is 4.18. The Hall–Kier alpha value is -3.02. The number of anilines is 3. The second-order valence-electron chi connectivity index (χ2n) is 6.88. The zero-order chi connectivity index (χ0) is 21.7. The number of imide groups is 1. The molecule has 2 N–H and O–H groups in total. The average Bonchev–Trinajstić information content (AvgIpc) is 2.71. The number of nitrogens with one attached hydrogen (secondary N) is 2. The van der Waals surface area contributed by atoms with Gasteiger partial charge < -0.3 is 10.2 Å². The molecule has 0 atom stereocenters. The fourth-order valence-corrected chi connectivity index (χ4v) is 3.38. The number of carbonyl (C=O) groups is 2. The molecule has 5 nitrogen and oxygen atoms in total. The topological polar surface area (TPSA) is 61.4 Å². The van der Waals surface area contributed by atoms with E-state index in [0.29, 0.717) is 10.7 Å². The second-order valence-corrected chi connectivity index (χ2v) is 7.72. The predicted octanol–water partition coefficient (Wildman–Crippen LogP) is 6.50. The van der Waals surface area contributed by atoms with Crippen molar-refractivity contribution < 1.29 is 9.59 Å². The fourth-order valence-electron chi connectivity index (χ4n) is 3.03. The van der Waals surface area contributed by atoms with Crippen LogP contribution in [0.2, 0.25) is 10.0 Å². The minimum atomic E-state index is -0.633. The first-order chi connectivity index (χ1) is 14.3. The minimum absolute atomic E-state index is 0.210. The fraction of sp³-hybridized carbons (Fsp3) is 0.130. The molecule has 0 spiro atoms. The molecule has 0 aliphatic carbocycles. The molecule has 3 aromatic carbocycles. The van der Waals surface area contributed by atoms with Gasteiger partial charge in [0, 0.05) is 28.1 Å². The van der Waals surface area contributed by atoms with Crippen LogP contribution >= 0.6 is 23.2 Å². The zero-order valence-electron chi connectivity index (χ0n) is 16.5. The van der Waals surface area contributed by atoms with E-state index in [2.05, 4.69) is 29.4 Å². The molecule has 0 bridgehead atoms. The number of rotatable bonds is 5. The van der Waals surface area contributed by atoms with Gasteiger partial charge in [-0.1, -0.05) is 35.3 Å². The van der Waals surface area contributed by atoms with Gasteiger partial charge in [-0.25, -0.2) is 4.79 Å². The number of nitrogens with zero attached hydrogens (tertiary/aromatic N) is 1. The lowest BCUT2D eigenvalue weighted by Crippen LogP contribution is -2.34. The van der Waals surface area contributed by atoms with Crippen LogP contribution in [0.25, 0.3) is 0 Å². The maximum atomic E-state index is 12.2. The first kappa shape index (κ1) is 21.7. The molecule has 0 radical (unpaired) electrons. The van der Waals surface area contributed by atoms with Crippen molar-refractivity contribution in [3.05, 3.63) is 88.4 Å². The second kappa shape index (κ2) is 9.65. The molecule has 0 saturated heterocycles. The Bertz CT molecular complexity index is 1040. The van der Waals surface area contributed by atoms with E-state index in [1.807, 2.05) is 36.4 Å². The first-order valence-corrected chi connectivity index (χ1v) is 10.1. The number of benzene rings is 3. The smallest absolute Gasteiger partial charge is 0.326 e. The Kier molecular flexibility index (Phi) is 6.98. The van der Waals surface area contributed by atoms with Crippen LogP contribution in [-0.4, -0.2) is 18.0 Å². The summed E-state index contributed by atoms with van der Waals surface area (Å²) in [6.07, 6.45) is 0. The van der Waals surface area contributed by atoms with Crippen molar-refractivity contribution in [3.63, 3.8) is 0 Å². The summed E-state index contributed by atoms with van der Waals surface area (Å²) >= 11 is 12.0. The minimum Gasteiger partial charge on any atom is -0.339 e. The van der Waals surface area contributed by atoms with E-state index < -0.39 is 11.9 Å². The van der Waals surface area contributed by atoms with Crippen LogP contribution in [0.15, 0.2) is 72.8 Å². The van der Waals surface area contributed by atoms with Crippen LogP contribution in [0, 0.1) is 0 Å². The molecular weight excluding hydrogens is 421 g/mol. The quantitative estimate of drug-likeness (QED) is 0.474. The molecule has 0 aliphatic rings. The normalized spacial score (nSPS) is 10.6. The molecule has 0 fully saturated rings. The van der Waals surface area contributed by atoms with E-state index in [0.717, 1.165) is 11.4 Å². The number of amides is 3. The predicted molar refractivity (Wildman–Crippen MR) is 123 cm³/mol. The standard InChI is InChI=1S/C23H21Cl2N3O2/c1-15(2)28(18-11-7-16(24)8-12-18)19-13-9-17(10-14-19)26-23(30)27-22(29)20-5-3-4-6-21(20)25/h3-15H,1-2H3,(H2,26,27,29,30). The summed E-state index contributed by atoms with van der Waals surface area (Å²) in [7, 11) is 0. The first-order valence-electron chi connectivity index (χ1n) is 9.37. The van der Waals surface area contributed by atoms with Gasteiger partial charge in [-0.05, 0) is 74.5 Å². The van der Waals surface area contributed by atoms with E-state index in [-0.39, 0.29) is 16.6 Å². The average molecular weight is 442 g/mol. The van der Waals surface area contributed by atoms with Gasteiger partial charge in [0.25, 0.3) is 5.91 Å². The van der Waals surface area contributed by atoms with Crippen LogP contribution in [0.4, 0.5) is 21.9 Å². The molecule has 0 heterocycles. The molecular formula is C23H21Cl2N3O2. The molecule has 7 heteroatoms. The zero-order valence-corrected chi connectivity index (χ0v) is 18.0. The van der Waals surface area contributed by atoms with Gasteiger partial charge in [0.15, 0.2) is 0 Å². The van der Waals surface area contributed by atoms with Crippen LogP contribution in [0.1, 0.15) is 24.2 Å². The Morgan fingerprint density at radius 2 is 1.40 bits per heavy atom. The Labute approximate surface area is 185 Å². The number of carbonyl (C=O) groups excluding carboxylic acids is 2. The van der Waals surface area contributed by atoms with E-state index in [4.69, 9.17) is 23.2 Å². The molecule has 0 aromatic heterocycles. The molecule has 154 valence electrons.